The molecule has 0 saturated carbocycles. The summed E-state index contributed by atoms with van der Waals surface area (Å²) < 4.78 is 5.97. The molecule has 1 atom stereocenters. The second kappa shape index (κ2) is 6.90. The molecule has 4 rings (SSSR count). The van der Waals surface area contributed by atoms with Crippen LogP contribution in [0.2, 0.25) is 0 Å². The van der Waals surface area contributed by atoms with Crippen molar-refractivity contribution in [2.45, 2.75) is 20.0 Å². The molecule has 3 aromatic heterocycles. The number of aryl methyl sites for hydroxylation is 1. The Morgan fingerprint density at radius 1 is 1.16 bits per heavy atom. The number of pyridine rings is 1. The molecule has 0 aromatic carbocycles. The minimum atomic E-state index is 0.0963. The summed E-state index contributed by atoms with van der Waals surface area (Å²) in [5, 5.41) is 4.26. The van der Waals surface area contributed by atoms with Crippen molar-refractivity contribution in [3.8, 4) is 11.4 Å². The van der Waals surface area contributed by atoms with Gasteiger partial charge in [0.2, 0.25) is 0 Å². The van der Waals surface area contributed by atoms with Crippen molar-refractivity contribution in [1.82, 2.24) is 15.0 Å². The van der Waals surface area contributed by atoms with E-state index in [1.54, 1.807) is 23.7 Å². The third-order valence-electron chi connectivity index (χ3n) is 4.58. The first kappa shape index (κ1) is 16.2. The molecule has 1 aliphatic heterocycles. The molecular weight excluding hydrogens is 332 g/mol. The van der Waals surface area contributed by atoms with E-state index in [0.29, 0.717) is 6.61 Å². The Hall–Kier alpha value is -2.31. The summed E-state index contributed by atoms with van der Waals surface area (Å²) >= 11 is 1.71. The Bertz CT molecular complexity index is 851. The van der Waals surface area contributed by atoms with Gasteiger partial charge in [0, 0.05) is 42.3 Å². The topological polar surface area (TPSA) is 51.1 Å². The van der Waals surface area contributed by atoms with Crippen molar-refractivity contribution < 1.29 is 4.74 Å². The average Bonchev–Trinajstić information content (AvgIpc) is 3.19. The van der Waals surface area contributed by atoms with Gasteiger partial charge in [-0.2, -0.15) is 11.3 Å². The molecule has 0 aliphatic carbocycles. The summed E-state index contributed by atoms with van der Waals surface area (Å²) in [4.78, 5) is 15.9. The predicted molar refractivity (Wildman–Crippen MR) is 100.0 cm³/mol. The summed E-state index contributed by atoms with van der Waals surface area (Å²) in [5.41, 5.74) is 4.37. The van der Waals surface area contributed by atoms with Crippen LogP contribution in [0, 0.1) is 13.8 Å². The van der Waals surface area contributed by atoms with Crippen LogP contribution in [0.4, 0.5) is 5.82 Å². The summed E-state index contributed by atoms with van der Waals surface area (Å²) in [6.07, 6.45) is 3.64. The standard InChI is InChI=1S/C19H20N4OS/c1-13-14(2)21-18(15-3-6-20-7-4-15)22-19(13)23-8-9-24-17(11-23)16-5-10-25-12-16/h3-7,10,12,17H,8-9,11H2,1-2H3. The van der Waals surface area contributed by atoms with Crippen LogP contribution in [0.25, 0.3) is 11.4 Å². The van der Waals surface area contributed by atoms with Crippen molar-refractivity contribution in [3.63, 3.8) is 0 Å². The van der Waals surface area contributed by atoms with Gasteiger partial charge in [0.25, 0.3) is 0 Å². The lowest BCUT2D eigenvalue weighted by Crippen LogP contribution is -2.39. The number of hydrogen-bond acceptors (Lipinski definition) is 6. The SMILES string of the molecule is Cc1nc(-c2ccncc2)nc(N2CCOC(c3ccsc3)C2)c1C. The van der Waals surface area contributed by atoms with E-state index in [0.717, 1.165) is 41.6 Å². The highest BCUT2D eigenvalue weighted by molar-refractivity contribution is 7.07. The molecule has 25 heavy (non-hydrogen) atoms. The van der Waals surface area contributed by atoms with E-state index in [1.807, 2.05) is 19.1 Å². The fraction of sp³-hybridized carbons (Fsp3) is 0.316. The second-order valence-electron chi connectivity index (χ2n) is 6.18. The third-order valence-corrected chi connectivity index (χ3v) is 5.28. The molecule has 1 aliphatic rings. The summed E-state index contributed by atoms with van der Waals surface area (Å²) in [6, 6.07) is 6.03. The van der Waals surface area contributed by atoms with Gasteiger partial charge < -0.3 is 9.64 Å². The van der Waals surface area contributed by atoms with Crippen LogP contribution in [0.3, 0.4) is 0 Å². The molecule has 0 spiro atoms. The molecule has 5 nitrogen and oxygen atoms in total. The van der Waals surface area contributed by atoms with Crippen molar-refractivity contribution in [3.05, 3.63) is 58.2 Å². The van der Waals surface area contributed by atoms with E-state index in [9.17, 15) is 0 Å². The zero-order valence-corrected chi connectivity index (χ0v) is 15.2. The lowest BCUT2D eigenvalue weighted by atomic mass is 10.1. The van der Waals surface area contributed by atoms with Crippen LogP contribution in [-0.2, 0) is 4.74 Å². The molecule has 3 aromatic rings. The van der Waals surface area contributed by atoms with E-state index < -0.39 is 0 Å². The molecule has 1 fully saturated rings. The van der Waals surface area contributed by atoms with Crippen LogP contribution in [0.15, 0.2) is 41.4 Å². The van der Waals surface area contributed by atoms with Crippen LogP contribution < -0.4 is 4.90 Å². The van der Waals surface area contributed by atoms with Crippen molar-refractivity contribution in [1.29, 1.82) is 0 Å². The minimum absolute atomic E-state index is 0.0963. The van der Waals surface area contributed by atoms with Crippen LogP contribution in [0.1, 0.15) is 22.9 Å². The largest absolute Gasteiger partial charge is 0.370 e. The predicted octanol–water partition coefficient (Wildman–Crippen LogP) is 3.79. The highest BCUT2D eigenvalue weighted by atomic mass is 32.1. The number of aromatic nitrogens is 3. The average molecular weight is 352 g/mol. The van der Waals surface area contributed by atoms with Gasteiger partial charge in [-0.05, 0) is 48.4 Å². The number of thiophene rings is 1. The van der Waals surface area contributed by atoms with Gasteiger partial charge in [0.15, 0.2) is 5.82 Å². The molecule has 1 saturated heterocycles. The number of hydrogen-bond donors (Lipinski definition) is 0. The molecule has 0 radical (unpaired) electrons. The van der Waals surface area contributed by atoms with Crippen LogP contribution in [-0.4, -0.2) is 34.6 Å². The maximum absolute atomic E-state index is 5.97. The van der Waals surface area contributed by atoms with Gasteiger partial charge in [-0.3, -0.25) is 4.98 Å². The Morgan fingerprint density at radius 2 is 2.00 bits per heavy atom. The van der Waals surface area contributed by atoms with Gasteiger partial charge >= 0.3 is 0 Å². The van der Waals surface area contributed by atoms with Gasteiger partial charge in [0.1, 0.15) is 11.9 Å². The smallest absolute Gasteiger partial charge is 0.161 e. The number of anilines is 1. The minimum Gasteiger partial charge on any atom is -0.370 e. The van der Waals surface area contributed by atoms with Gasteiger partial charge in [-0.15, -0.1) is 0 Å². The maximum Gasteiger partial charge on any atom is 0.161 e. The summed E-state index contributed by atoms with van der Waals surface area (Å²) in [6.45, 7) is 6.49. The van der Waals surface area contributed by atoms with Gasteiger partial charge in [-0.25, -0.2) is 9.97 Å². The molecule has 4 heterocycles. The fourth-order valence-corrected chi connectivity index (χ4v) is 3.75. The lowest BCUT2D eigenvalue weighted by molar-refractivity contribution is 0.0397. The first-order valence-corrected chi connectivity index (χ1v) is 9.31. The molecular formula is C19H20N4OS. The Morgan fingerprint density at radius 3 is 2.76 bits per heavy atom. The Kier molecular flexibility index (Phi) is 4.46. The Labute approximate surface area is 151 Å². The van der Waals surface area contributed by atoms with Crippen molar-refractivity contribution in [2.75, 3.05) is 24.6 Å². The third kappa shape index (κ3) is 3.27. The molecule has 1 unspecified atom stereocenters. The van der Waals surface area contributed by atoms with E-state index in [-0.39, 0.29) is 6.10 Å². The molecule has 0 bridgehead atoms. The second-order valence-corrected chi connectivity index (χ2v) is 6.96. The fourth-order valence-electron chi connectivity index (χ4n) is 3.05. The van der Waals surface area contributed by atoms with Crippen molar-refractivity contribution in [2.24, 2.45) is 0 Å². The van der Waals surface area contributed by atoms with E-state index in [4.69, 9.17) is 9.72 Å². The van der Waals surface area contributed by atoms with Gasteiger partial charge in [0.05, 0.1) is 6.61 Å². The molecule has 128 valence electrons. The molecule has 6 heteroatoms. The molecule has 0 N–H and O–H groups in total. The van der Waals surface area contributed by atoms with E-state index in [1.165, 1.54) is 5.56 Å². The van der Waals surface area contributed by atoms with Crippen molar-refractivity contribution >= 4 is 17.2 Å². The van der Waals surface area contributed by atoms with E-state index in [2.05, 4.69) is 38.6 Å². The monoisotopic (exact) mass is 352 g/mol. The zero-order valence-electron chi connectivity index (χ0n) is 14.3. The van der Waals surface area contributed by atoms with Crippen LogP contribution in [0.5, 0.6) is 0 Å². The van der Waals surface area contributed by atoms with E-state index >= 15 is 0 Å². The number of morpholine rings is 1. The normalized spacial score (nSPS) is 17.7. The first-order valence-electron chi connectivity index (χ1n) is 8.36. The first-order chi connectivity index (χ1) is 12.2. The Balaban J connectivity index is 1.68. The number of ether oxygens (including phenoxy) is 1. The highest BCUT2D eigenvalue weighted by Crippen LogP contribution is 2.30. The number of rotatable bonds is 3. The van der Waals surface area contributed by atoms with Gasteiger partial charge in [-0.1, -0.05) is 0 Å². The highest BCUT2D eigenvalue weighted by Gasteiger charge is 2.25. The number of nitrogens with zero attached hydrogens (tertiary/aromatic N) is 4. The quantitative estimate of drug-likeness (QED) is 0.718. The van der Waals surface area contributed by atoms with Crippen LogP contribution >= 0.6 is 11.3 Å². The zero-order chi connectivity index (χ0) is 17.2. The maximum atomic E-state index is 5.97. The molecule has 0 amide bonds. The summed E-state index contributed by atoms with van der Waals surface area (Å²) in [7, 11) is 0. The lowest BCUT2D eigenvalue weighted by Gasteiger charge is -2.34. The summed E-state index contributed by atoms with van der Waals surface area (Å²) in [5.74, 6) is 1.75.